The largest absolute Gasteiger partial charge is 0.504 e. The number of carbonyl (C=O) groups excluding carboxylic acids is 1. The molecule has 2 N–H and O–H groups in total. The minimum Gasteiger partial charge on any atom is -0.504 e. The fourth-order valence-electron chi connectivity index (χ4n) is 4.40. The maximum absolute atomic E-state index is 13.2. The fourth-order valence-corrected chi connectivity index (χ4v) is 4.72. The van der Waals surface area contributed by atoms with Crippen molar-refractivity contribution in [3.8, 4) is 11.5 Å². The molecule has 0 spiro atoms. The molecule has 0 saturated carbocycles. The molecule has 154 valence electrons. The SMILES string of the molecule is O=C(Cc1ccc(Cl)c(Cl)c1)N1CCc2c(ccc(O)c2O)[C@@H]1CN1CCCC1. The first-order valence-electron chi connectivity index (χ1n) is 9.93. The van der Waals surface area contributed by atoms with Crippen LogP contribution in [0.25, 0.3) is 0 Å². The van der Waals surface area contributed by atoms with Gasteiger partial charge in [0.2, 0.25) is 5.91 Å². The second-order valence-electron chi connectivity index (χ2n) is 7.79. The van der Waals surface area contributed by atoms with Crippen LogP contribution < -0.4 is 0 Å². The van der Waals surface area contributed by atoms with E-state index in [2.05, 4.69) is 4.90 Å². The third-order valence-corrected chi connectivity index (χ3v) is 6.66. The van der Waals surface area contributed by atoms with Crippen LogP contribution in [-0.4, -0.2) is 52.1 Å². The van der Waals surface area contributed by atoms with Gasteiger partial charge in [0.05, 0.1) is 22.5 Å². The van der Waals surface area contributed by atoms with Crippen molar-refractivity contribution in [2.24, 2.45) is 0 Å². The number of rotatable bonds is 4. The summed E-state index contributed by atoms with van der Waals surface area (Å²) in [6.45, 7) is 3.27. The first kappa shape index (κ1) is 20.3. The van der Waals surface area contributed by atoms with E-state index in [1.54, 1.807) is 12.1 Å². The average molecular weight is 435 g/mol. The molecule has 2 aliphatic rings. The van der Waals surface area contributed by atoms with Gasteiger partial charge in [-0.05, 0) is 61.7 Å². The van der Waals surface area contributed by atoms with Gasteiger partial charge in [0, 0.05) is 18.7 Å². The molecule has 4 rings (SSSR count). The Morgan fingerprint density at radius 1 is 1.03 bits per heavy atom. The van der Waals surface area contributed by atoms with Crippen LogP contribution in [0, 0.1) is 0 Å². The quantitative estimate of drug-likeness (QED) is 0.708. The number of phenols is 2. The summed E-state index contributed by atoms with van der Waals surface area (Å²) in [5.74, 6) is -0.157. The van der Waals surface area contributed by atoms with Crippen molar-refractivity contribution in [2.75, 3.05) is 26.2 Å². The molecule has 2 aromatic carbocycles. The summed E-state index contributed by atoms with van der Waals surface area (Å²) in [4.78, 5) is 17.5. The summed E-state index contributed by atoms with van der Waals surface area (Å²) in [5.41, 5.74) is 2.48. The molecule has 2 aromatic rings. The van der Waals surface area contributed by atoms with E-state index in [-0.39, 0.29) is 29.9 Å². The Bertz CT molecular complexity index is 929. The Morgan fingerprint density at radius 2 is 1.79 bits per heavy atom. The Kier molecular flexibility index (Phi) is 5.91. The predicted octanol–water partition coefficient (Wildman–Crippen LogP) is 4.17. The van der Waals surface area contributed by atoms with Crippen molar-refractivity contribution in [1.29, 1.82) is 0 Å². The van der Waals surface area contributed by atoms with Crippen LogP contribution in [-0.2, 0) is 17.6 Å². The minimum absolute atomic E-state index is 0.0193. The van der Waals surface area contributed by atoms with Gasteiger partial charge in [-0.3, -0.25) is 4.79 Å². The number of likely N-dealkylation sites (tertiary alicyclic amines) is 1. The molecule has 2 heterocycles. The number of hydrogen-bond acceptors (Lipinski definition) is 4. The normalized spacial score (nSPS) is 19.4. The number of nitrogens with zero attached hydrogens (tertiary/aromatic N) is 2. The fraction of sp³-hybridized carbons (Fsp3) is 0.409. The predicted molar refractivity (Wildman–Crippen MR) is 114 cm³/mol. The molecule has 0 aliphatic carbocycles. The van der Waals surface area contributed by atoms with Gasteiger partial charge in [-0.15, -0.1) is 0 Å². The summed E-state index contributed by atoms with van der Waals surface area (Å²) in [6.07, 6.45) is 3.08. The van der Waals surface area contributed by atoms with Gasteiger partial charge in [0.1, 0.15) is 0 Å². The minimum atomic E-state index is -0.154. The van der Waals surface area contributed by atoms with Crippen LogP contribution in [0.4, 0.5) is 0 Å². The van der Waals surface area contributed by atoms with Crippen molar-refractivity contribution in [3.05, 3.63) is 57.1 Å². The third kappa shape index (κ3) is 4.18. The molecule has 1 saturated heterocycles. The summed E-state index contributed by atoms with van der Waals surface area (Å²) in [7, 11) is 0. The molecule has 0 bridgehead atoms. The zero-order valence-electron chi connectivity index (χ0n) is 16.1. The van der Waals surface area contributed by atoms with Gasteiger partial charge in [0.15, 0.2) is 11.5 Å². The van der Waals surface area contributed by atoms with Crippen molar-refractivity contribution in [3.63, 3.8) is 0 Å². The molecule has 1 atom stereocenters. The highest BCUT2D eigenvalue weighted by molar-refractivity contribution is 6.42. The summed E-state index contributed by atoms with van der Waals surface area (Å²) >= 11 is 12.1. The number of phenolic OH excluding ortho intramolecular Hbond substituents is 2. The van der Waals surface area contributed by atoms with Crippen LogP contribution in [0.2, 0.25) is 10.0 Å². The number of halogens is 2. The zero-order valence-corrected chi connectivity index (χ0v) is 17.6. The van der Waals surface area contributed by atoms with Gasteiger partial charge < -0.3 is 20.0 Å². The molecule has 0 unspecified atom stereocenters. The van der Waals surface area contributed by atoms with Crippen molar-refractivity contribution >= 4 is 29.1 Å². The van der Waals surface area contributed by atoms with Gasteiger partial charge >= 0.3 is 0 Å². The molecule has 1 fully saturated rings. The topological polar surface area (TPSA) is 64.0 Å². The maximum Gasteiger partial charge on any atom is 0.227 e. The second-order valence-corrected chi connectivity index (χ2v) is 8.60. The number of amides is 1. The molecule has 7 heteroatoms. The van der Waals surface area contributed by atoms with Gasteiger partial charge in [-0.25, -0.2) is 0 Å². The van der Waals surface area contributed by atoms with Gasteiger partial charge in [-0.2, -0.15) is 0 Å². The lowest BCUT2D eigenvalue weighted by molar-refractivity contribution is -0.133. The summed E-state index contributed by atoms with van der Waals surface area (Å²) in [6, 6.07) is 8.46. The molecule has 2 aliphatic heterocycles. The monoisotopic (exact) mass is 434 g/mol. The number of carbonyl (C=O) groups is 1. The van der Waals surface area contributed by atoms with Crippen LogP contribution in [0.5, 0.6) is 11.5 Å². The van der Waals surface area contributed by atoms with Gasteiger partial charge in [0.25, 0.3) is 0 Å². The standard InChI is InChI=1S/C22H24Cl2N2O3/c23-17-5-3-14(11-18(17)24)12-21(28)26-10-7-16-15(4-6-20(27)22(16)29)19(26)13-25-8-1-2-9-25/h3-6,11,19,27,29H,1-2,7-10,12-13H2/t19-/m0/s1. The highest BCUT2D eigenvalue weighted by Gasteiger charge is 2.34. The smallest absolute Gasteiger partial charge is 0.227 e. The second kappa shape index (κ2) is 8.42. The van der Waals surface area contributed by atoms with Gasteiger partial charge in [-0.1, -0.05) is 35.3 Å². The Morgan fingerprint density at radius 3 is 2.52 bits per heavy atom. The molecular weight excluding hydrogens is 411 g/mol. The lowest BCUT2D eigenvalue weighted by atomic mass is 9.90. The highest BCUT2D eigenvalue weighted by atomic mass is 35.5. The van der Waals surface area contributed by atoms with Crippen LogP contribution in [0.15, 0.2) is 30.3 Å². The van der Waals surface area contributed by atoms with E-state index in [1.807, 2.05) is 17.0 Å². The summed E-state index contributed by atoms with van der Waals surface area (Å²) in [5, 5.41) is 21.2. The number of aromatic hydroxyl groups is 2. The average Bonchev–Trinajstić information content (AvgIpc) is 3.21. The molecule has 0 radical (unpaired) electrons. The molecular formula is C22H24Cl2N2O3. The summed E-state index contributed by atoms with van der Waals surface area (Å²) < 4.78 is 0. The van der Waals surface area contributed by atoms with E-state index >= 15 is 0 Å². The van der Waals surface area contributed by atoms with E-state index in [4.69, 9.17) is 23.2 Å². The Labute approximate surface area is 180 Å². The maximum atomic E-state index is 13.2. The Hall–Kier alpha value is -1.95. The zero-order chi connectivity index (χ0) is 20.5. The third-order valence-electron chi connectivity index (χ3n) is 5.93. The van der Waals surface area contributed by atoms with E-state index in [9.17, 15) is 15.0 Å². The number of benzene rings is 2. The van der Waals surface area contributed by atoms with Crippen LogP contribution in [0.3, 0.4) is 0 Å². The van der Waals surface area contributed by atoms with E-state index < -0.39 is 0 Å². The molecule has 5 nitrogen and oxygen atoms in total. The number of fused-ring (bicyclic) bond motifs is 1. The van der Waals surface area contributed by atoms with E-state index in [0.29, 0.717) is 23.0 Å². The molecule has 29 heavy (non-hydrogen) atoms. The lowest BCUT2D eigenvalue weighted by Crippen LogP contribution is -2.45. The highest BCUT2D eigenvalue weighted by Crippen LogP contribution is 2.40. The Balaban J connectivity index is 1.62. The number of hydrogen-bond donors (Lipinski definition) is 2. The van der Waals surface area contributed by atoms with Crippen molar-refractivity contribution in [1.82, 2.24) is 9.80 Å². The van der Waals surface area contributed by atoms with E-state index in [0.717, 1.165) is 49.2 Å². The van der Waals surface area contributed by atoms with Crippen LogP contribution in [0.1, 0.15) is 35.6 Å². The first-order valence-corrected chi connectivity index (χ1v) is 10.7. The van der Waals surface area contributed by atoms with E-state index in [1.165, 1.54) is 6.07 Å². The first-order chi connectivity index (χ1) is 13.9. The molecule has 0 aromatic heterocycles. The van der Waals surface area contributed by atoms with Crippen LogP contribution >= 0.6 is 23.2 Å². The van der Waals surface area contributed by atoms with Crippen molar-refractivity contribution in [2.45, 2.75) is 31.7 Å². The lowest BCUT2D eigenvalue weighted by Gasteiger charge is -2.39. The van der Waals surface area contributed by atoms with Crippen molar-refractivity contribution < 1.29 is 15.0 Å². The molecule has 1 amide bonds.